The predicted octanol–water partition coefficient (Wildman–Crippen LogP) is 5.04. The number of hydrogen-bond acceptors (Lipinski definition) is 4. The maximum Gasteiger partial charge on any atom is 0.416 e. The number of halogens is 3. The van der Waals surface area contributed by atoms with E-state index in [0.717, 1.165) is 12.1 Å². The molecule has 0 saturated heterocycles. The first-order valence-corrected chi connectivity index (χ1v) is 9.85. The van der Waals surface area contributed by atoms with E-state index in [9.17, 15) is 23.1 Å². The van der Waals surface area contributed by atoms with E-state index in [1.165, 1.54) is 19.1 Å². The molecule has 0 spiro atoms. The average molecular weight is 444 g/mol. The lowest BCUT2D eigenvalue weighted by atomic mass is 9.94. The molecule has 3 aromatic carbocycles. The third-order valence-electron chi connectivity index (χ3n) is 4.71. The van der Waals surface area contributed by atoms with Gasteiger partial charge in [-0.2, -0.15) is 13.2 Å². The second-order valence-corrected chi connectivity index (χ2v) is 7.44. The first-order valence-electron chi connectivity index (χ1n) is 9.85. The number of anilines is 2. The summed E-state index contributed by atoms with van der Waals surface area (Å²) in [4.78, 5) is 12.0. The topological polar surface area (TPSA) is 70.6 Å². The van der Waals surface area contributed by atoms with Crippen LogP contribution in [0.5, 0.6) is 5.75 Å². The third-order valence-corrected chi connectivity index (χ3v) is 4.71. The zero-order valence-corrected chi connectivity index (χ0v) is 17.3. The summed E-state index contributed by atoms with van der Waals surface area (Å²) in [7, 11) is 0. The maximum absolute atomic E-state index is 13.0. The molecular formula is C24H23F3N2O3. The summed E-state index contributed by atoms with van der Waals surface area (Å²) in [5, 5.41) is 16.4. The van der Waals surface area contributed by atoms with Gasteiger partial charge >= 0.3 is 6.18 Å². The molecule has 168 valence electrons. The number of carbonyl (C=O) groups is 1. The molecule has 3 rings (SSSR count). The van der Waals surface area contributed by atoms with Crippen LogP contribution in [0, 0.1) is 0 Å². The maximum atomic E-state index is 13.0. The lowest BCUT2D eigenvalue weighted by Crippen LogP contribution is -2.31. The van der Waals surface area contributed by atoms with Crippen LogP contribution in [0.2, 0.25) is 0 Å². The van der Waals surface area contributed by atoms with Crippen molar-refractivity contribution in [1.29, 1.82) is 0 Å². The highest BCUT2D eigenvalue weighted by Crippen LogP contribution is 2.32. The highest BCUT2D eigenvalue weighted by molar-refractivity contribution is 5.91. The fourth-order valence-corrected chi connectivity index (χ4v) is 2.97. The van der Waals surface area contributed by atoms with Crippen molar-refractivity contribution < 1.29 is 27.8 Å². The quantitative estimate of drug-likeness (QED) is 0.455. The van der Waals surface area contributed by atoms with E-state index < -0.39 is 17.3 Å². The molecule has 0 radical (unpaired) electrons. The number of carbonyl (C=O) groups excluding carboxylic acids is 1. The van der Waals surface area contributed by atoms with Crippen molar-refractivity contribution in [3.63, 3.8) is 0 Å². The standard InChI is InChI=1S/C24H23F3N2O3/c1-23(31,17-7-5-8-18(13-17)24(25,26)27)16-28-20-11-6-12-21(14-20)32-15-22(30)29-19-9-3-2-4-10-19/h2-14,28,31H,15-16H2,1H3,(H,29,30). The number of alkyl halides is 3. The van der Waals surface area contributed by atoms with Crippen LogP contribution in [-0.2, 0) is 16.6 Å². The summed E-state index contributed by atoms with van der Waals surface area (Å²) in [5.41, 5.74) is -0.982. The number of ether oxygens (including phenoxy) is 1. The zero-order chi connectivity index (χ0) is 23.2. The van der Waals surface area contributed by atoms with Crippen molar-refractivity contribution in [2.45, 2.75) is 18.7 Å². The van der Waals surface area contributed by atoms with Crippen molar-refractivity contribution in [1.82, 2.24) is 0 Å². The van der Waals surface area contributed by atoms with Crippen LogP contribution in [0.25, 0.3) is 0 Å². The van der Waals surface area contributed by atoms with Gasteiger partial charge in [0.2, 0.25) is 0 Å². The number of benzene rings is 3. The number of para-hydroxylation sites is 1. The van der Waals surface area contributed by atoms with E-state index in [-0.39, 0.29) is 24.6 Å². The monoisotopic (exact) mass is 444 g/mol. The van der Waals surface area contributed by atoms with E-state index in [2.05, 4.69) is 10.6 Å². The van der Waals surface area contributed by atoms with Gasteiger partial charge in [0.15, 0.2) is 6.61 Å². The molecule has 0 fully saturated rings. The minimum Gasteiger partial charge on any atom is -0.484 e. The number of nitrogens with one attached hydrogen (secondary N) is 2. The van der Waals surface area contributed by atoms with E-state index in [1.54, 1.807) is 48.5 Å². The van der Waals surface area contributed by atoms with E-state index in [1.807, 2.05) is 6.07 Å². The average Bonchev–Trinajstić information content (AvgIpc) is 2.77. The Labute approximate surface area is 183 Å². The van der Waals surface area contributed by atoms with E-state index >= 15 is 0 Å². The van der Waals surface area contributed by atoms with Gasteiger partial charge in [-0.1, -0.05) is 36.4 Å². The van der Waals surface area contributed by atoms with Crippen molar-refractivity contribution in [2.75, 3.05) is 23.8 Å². The molecule has 0 aromatic heterocycles. The Kier molecular flexibility index (Phi) is 7.05. The molecule has 0 saturated carbocycles. The number of hydrogen-bond donors (Lipinski definition) is 3. The Hall–Kier alpha value is -3.52. The molecule has 32 heavy (non-hydrogen) atoms. The lowest BCUT2D eigenvalue weighted by Gasteiger charge is -2.26. The van der Waals surface area contributed by atoms with Gasteiger partial charge < -0.3 is 20.5 Å². The number of aliphatic hydroxyl groups is 1. The van der Waals surface area contributed by atoms with E-state index in [0.29, 0.717) is 17.1 Å². The second kappa shape index (κ2) is 9.74. The molecule has 1 atom stereocenters. The summed E-state index contributed by atoms with van der Waals surface area (Å²) in [6, 6.07) is 20.3. The van der Waals surface area contributed by atoms with Crippen molar-refractivity contribution >= 4 is 17.3 Å². The summed E-state index contributed by atoms with van der Waals surface area (Å²) in [6.07, 6.45) is -4.49. The van der Waals surface area contributed by atoms with Crippen LogP contribution in [0.1, 0.15) is 18.1 Å². The number of amides is 1. The molecule has 0 bridgehead atoms. The Morgan fingerprint density at radius 2 is 1.56 bits per heavy atom. The van der Waals surface area contributed by atoms with Crippen LogP contribution in [0.15, 0.2) is 78.9 Å². The van der Waals surface area contributed by atoms with Crippen LogP contribution < -0.4 is 15.4 Å². The highest BCUT2D eigenvalue weighted by Gasteiger charge is 2.32. The fourth-order valence-electron chi connectivity index (χ4n) is 2.97. The summed E-state index contributed by atoms with van der Waals surface area (Å²) >= 11 is 0. The Morgan fingerprint density at radius 1 is 0.906 bits per heavy atom. The molecule has 1 amide bonds. The summed E-state index contributed by atoms with van der Waals surface area (Å²) in [5.74, 6) is 0.110. The molecule has 1 unspecified atom stereocenters. The molecule has 0 aliphatic rings. The molecule has 5 nitrogen and oxygen atoms in total. The minimum atomic E-state index is -4.49. The zero-order valence-electron chi connectivity index (χ0n) is 17.3. The van der Waals surface area contributed by atoms with Gasteiger partial charge in [0.1, 0.15) is 11.4 Å². The molecule has 3 aromatic rings. The van der Waals surface area contributed by atoms with Gasteiger partial charge in [0.05, 0.1) is 5.56 Å². The molecule has 8 heteroatoms. The second-order valence-electron chi connectivity index (χ2n) is 7.44. The summed E-state index contributed by atoms with van der Waals surface area (Å²) < 4.78 is 44.4. The van der Waals surface area contributed by atoms with Crippen LogP contribution in [0.4, 0.5) is 24.5 Å². The van der Waals surface area contributed by atoms with E-state index in [4.69, 9.17) is 4.74 Å². The molecule has 0 aliphatic carbocycles. The molecule has 0 heterocycles. The Bertz CT molecular complexity index is 1050. The van der Waals surface area contributed by atoms with Crippen molar-refractivity contribution in [3.8, 4) is 5.75 Å². The lowest BCUT2D eigenvalue weighted by molar-refractivity contribution is -0.137. The predicted molar refractivity (Wildman–Crippen MR) is 117 cm³/mol. The van der Waals surface area contributed by atoms with Gasteiger partial charge in [0.25, 0.3) is 5.91 Å². The van der Waals surface area contributed by atoms with Gasteiger partial charge in [-0.05, 0) is 48.9 Å². The SMILES string of the molecule is CC(O)(CNc1cccc(OCC(=O)Nc2ccccc2)c1)c1cccc(C(F)(F)F)c1. The third kappa shape index (κ3) is 6.49. The van der Waals surface area contributed by atoms with Gasteiger partial charge in [-0.25, -0.2) is 0 Å². The van der Waals surface area contributed by atoms with Crippen LogP contribution >= 0.6 is 0 Å². The smallest absolute Gasteiger partial charge is 0.416 e. The normalized spacial score (nSPS) is 13.2. The first kappa shape index (κ1) is 23.1. The largest absolute Gasteiger partial charge is 0.484 e. The van der Waals surface area contributed by atoms with Crippen molar-refractivity contribution in [2.24, 2.45) is 0 Å². The minimum absolute atomic E-state index is 0.0355. The molecular weight excluding hydrogens is 421 g/mol. The Morgan fingerprint density at radius 3 is 2.28 bits per heavy atom. The Balaban J connectivity index is 1.58. The number of rotatable bonds is 8. The highest BCUT2D eigenvalue weighted by atomic mass is 19.4. The first-order chi connectivity index (χ1) is 15.1. The van der Waals surface area contributed by atoms with Gasteiger partial charge in [-0.3, -0.25) is 4.79 Å². The molecule has 0 aliphatic heterocycles. The van der Waals surface area contributed by atoms with Gasteiger partial charge in [-0.15, -0.1) is 0 Å². The van der Waals surface area contributed by atoms with Crippen LogP contribution in [-0.4, -0.2) is 24.2 Å². The van der Waals surface area contributed by atoms with Crippen LogP contribution in [0.3, 0.4) is 0 Å². The van der Waals surface area contributed by atoms with Crippen molar-refractivity contribution in [3.05, 3.63) is 90.0 Å². The summed E-state index contributed by atoms with van der Waals surface area (Å²) in [6.45, 7) is 1.20. The fraction of sp³-hybridized carbons (Fsp3) is 0.208. The molecule has 3 N–H and O–H groups in total. The van der Waals surface area contributed by atoms with Gasteiger partial charge in [0, 0.05) is 24.0 Å².